The van der Waals surface area contributed by atoms with E-state index in [1.165, 1.54) is 12.8 Å². The molecule has 0 aliphatic heterocycles. The van der Waals surface area contributed by atoms with Crippen LogP contribution in [0.25, 0.3) is 0 Å². The van der Waals surface area contributed by atoms with Gasteiger partial charge in [-0.2, -0.15) is 0 Å². The van der Waals surface area contributed by atoms with Gasteiger partial charge in [0.15, 0.2) is 0 Å². The Morgan fingerprint density at radius 3 is 3.00 bits per heavy atom. The van der Waals surface area contributed by atoms with Crippen LogP contribution in [-0.4, -0.2) is 25.5 Å². The van der Waals surface area contributed by atoms with Crippen molar-refractivity contribution in [1.29, 1.82) is 0 Å². The highest BCUT2D eigenvalue weighted by molar-refractivity contribution is 5.81. The predicted octanol–water partition coefficient (Wildman–Crippen LogP) is 1.95. The molecule has 92 valence electrons. The maximum absolute atomic E-state index is 11.7. The maximum atomic E-state index is 11.7. The van der Waals surface area contributed by atoms with E-state index in [0.29, 0.717) is 18.9 Å². The van der Waals surface area contributed by atoms with Gasteiger partial charge in [0, 0.05) is 25.4 Å². The molecule has 0 heterocycles. The summed E-state index contributed by atoms with van der Waals surface area (Å²) in [6, 6.07) is 8.38. The van der Waals surface area contributed by atoms with E-state index in [-0.39, 0.29) is 5.78 Å². The Morgan fingerprint density at radius 2 is 2.29 bits per heavy atom. The highest BCUT2D eigenvalue weighted by atomic mass is 16.5. The number of benzene rings is 1. The summed E-state index contributed by atoms with van der Waals surface area (Å²) in [5.74, 6) is 1.10. The van der Waals surface area contributed by atoms with Gasteiger partial charge >= 0.3 is 0 Å². The SMILES string of the molecule is COc1cccc(CC(=O)CCNC2CC2)c1. The highest BCUT2D eigenvalue weighted by Gasteiger charge is 2.20. The van der Waals surface area contributed by atoms with Crippen molar-refractivity contribution < 1.29 is 9.53 Å². The zero-order valence-corrected chi connectivity index (χ0v) is 10.2. The first kappa shape index (κ1) is 12.1. The lowest BCUT2D eigenvalue weighted by molar-refractivity contribution is -0.118. The fraction of sp³-hybridized carbons (Fsp3) is 0.500. The zero-order valence-electron chi connectivity index (χ0n) is 10.2. The third-order valence-electron chi connectivity index (χ3n) is 2.95. The van der Waals surface area contributed by atoms with Crippen molar-refractivity contribution in [1.82, 2.24) is 5.32 Å². The highest BCUT2D eigenvalue weighted by Crippen LogP contribution is 2.18. The van der Waals surface area contributed by atoms with E-state index in [2.05, 4.69) is 5.32 Å². The molecule has 0 amide bonds. The molecule has 0 atom stereocenters. The number of rotatable bonds is 7. The molecule has 1 N–H and O–H groups in total. The molecule has 0 radical (unpaired) electrons. The van der Waals surface area contributed by atoms with E-state index < -0.39 is 0 Å². The lowest BCUT2D eigenvalue weighted by Gasteiger charge is -2.05. The zero-order chi connectivity index (χ0) is 12.1. The Balaban J connectivity index is 1.75. The van der Waals surface area contributed by atoms with Crippen molar-refractivity contribution in [2.75, 3.05) is 13.7 Å². The molecule has 1 saturated carbocycles. The van der Waals surface area contributed by atoms with E-state index in [0.717, 1.165) is 17.9 Å². The van der Waals surface area contributed by atoms with Crippen molar-refractivity contribution in [2.45, 2.75) is 31.7 Å². The van der Waals surface area contributed by atoms with Crippen LogP contribution in [0.2, 0.25) is 0 Å². The van der Waals surface area contributed by atoms with Gasteiger partial charge < -0.3 is 10.1 Å². The average molecular weight is 233 g/mol. The number of carbonyl (C=O) groups excluding carboxylic acids is 1. The average Bonchev–Trinajstić information content (AvgIpc) is 3.13. The fourth-order valence-corrected chi connectivity index (χ4v) is 1.80. The maximum Gasteiger partial charge on any atom is 0.138 e. The normalized spacial score (nSPS) is 14.6. The summed E-state index contributed by atoms with van der Waals surface area (Å²) < 4.78 is 5.13. The topological polar surface area (TPSA) is 38.3 Å². The van der Waals surface area contributed by atoms with E-state index in [1.54, 1.807) is 7.11 Å². The summed E-state index contributed by atoms with van der Waals surface area (Å²) in [4.78, 5) is 11.7. The summed E-state index contributed by atoms with van der Waals surface area (Å²) in [7, 11) is 1.64. The van der Waals surface area contributed by atoms with Crippen LogP contribution in [0.1, 0.15) is 24.8 Å². The Hall–Kier alpha value is -1.35. The molecule has 0 unspecified atom stereocenters. The first-order chi connectivity index (χ1) is 8.28. The lowest BCUT2D eigenvalue weighted by atomic mass is 10.1. The molecular formula is C14H19NO2. The molecule has 3 heteroatoms. The number of ether oxygens (including phenoxy) is 1. The van der Waals surface area contributed by atoms with E-state index in [4.69, 9.17) is 4.74 Å². The number of ketones is 1. The molecule has 2 rings (SSSR count). The molecule has 0 bridgehead atoms. The summed E-state index contributed by atoms with van der Waals surface area (Å²) in [5, 5.41) is 3.35. The molecule has 1 aliphatic carbocycles. The Kier molecular flexibility index (Phi) is 4.15. The monoisotopic (exact) mass is 233 g/mol. The Morgan fingerprint density at radius 1 is 1.47 bits per heavy atom. The van der Waals surface area contributed by atoms with Gasteiger partial charge in [0.25, 0.3) is 0 Å². The quantitative estimate of drug-likeness (QED) is 0.782. The van der Waals surface area contributed by atoms with Gasteiger partial charge in [0.1, 0.15) is 11.5 Å². The van der Waals surface area contributed by atoms with Gasteiger partial charge in [0.05, 0.1) is 7.11 Å². The van der Waals surface area contributed by atoms with Gasteiger partial charge in [-0.25, -0.2) is 0 Å². The molecule has 0 aromatic heterocycles. The summed E-state index contributed by atoms with van der Waals surface area (Å²) >= 11 is 0. The van der Waals surface area contributed by atoms with Crippen LogP contribution in [0.4, 0.5) is 0 Å². The second-order valence-electron chi connectivity index (χ2n) is 4.55. The van der Waals surface area contributed by atoms with Crippen molar-refractivity contribution >= 4 is 5.78 Å². The lowest BCUT2D eigenvalue weighted by Crippen LogP contribution is -2.20. The predicted molar refractivity (Wildman–Crippen MR) is 67.3 cm³/mol. The van der Waals surface area contributed by atoms with Crippen LogP contribution in [0, 0.1) is 0 Å². The summed E-state index contributed by atoms with van der Waals surface area (Å²) in [5.41, 5.74) is 1.03. The van der Waals surface area contributed by atoms with Crippen LogP contribution in [0.15, 0.2) is 24.3 Å². The second-order valence-corrected chi connectivity index (χ2v) is 4.55. The molecular weight excluding hydrogens is 214 g/mol. The van der Waals surface area contributed by atoms with Crippen LogP contribution in [-0.2, 0) is 11.2 Å². The molecule has 17 heavy (non-hydrogen) atoms. The number of methoxy groups -OCH3 is 1. The summed E-state index contributed by atoms with van der Waals surface area (Å²) in [6.07, 6.45) is 3.66. The minimum absolute atomic E-state index is 0.284. The van der Waals surface area contributed by atoms with E-state index >= 15 is 0 Å². The van der Waals surface area contributed by atoms with Gasteiger partial charge in [0.2, 0.25) is 0 Å². The van der Waals surface area contributed by atoms with Crippen molar-refractivity contribution in [2.24, 2.45) is 0 Å². The molecule has 1 aromatic carbocycles. The molecule has 1 fully saturated rings. The molecule has 3 nitrogen and oxygen atoms in total. The Bertz CT molecular complexity index is 386. The van der Waals surface area contributed by atoms with Crippen LogP contribution in [0.3, 0.4) is 0 Å². The number of hydrogen-bond acceptors (Lipinski definition) is 3. The summed E-state index contributed by atoms with van der Waals surface area (Å²) in [6.45, 7) is 0.813. The van der Waals surface area contributed by atoms with Crippen LogP contribution < -0.4 is 10.1 Å². The van der Waals surface area contributed by atoms with Gasteiger partial charge in [-0.15, -0.1) is 0 Å². The van der Waals surface area contributed by atoms with Crippen molar-refractivity contribution in [3.05, 3.63) is 29.8 Å². The van der Waals surface area contributed by atoms with E-state index in [1.807, 2.05) is 24.3 Å². The Labute approximate surface area is 102 Å². The first-order valence-corrected chi connectivity index (χ1v) is 6.16. The third-order valence-corrected chi connectivity index (χ3v) is 2.95. The second kappa shape index (κ2) is 5.82. The van der Waals surface area contributed by atoms with Gasteiger partial charge in [-0.1, -0.05) is 12.1 Å². The van der Waals surface area contributed by atoms with E-state index in [9.17, 15) is 4.79 Å². The minimum Gasteiger partial charge on any atom is -0.497 e. The first-order valence-electron chi connectivity index (χ1n) is 6.16. The van der Waals surface area contributed by atoms with Crippen molar-refractivity contribution in [3.8, 4) is 5.75 Å². The number of Topliss-reactive ketones (excluding diaryl/α,β-unsaturated/α-hetero) is 1. The van der Waals surface area contributed by atoms with Gasteiger partial charge in [-0.05, 0) is 30.5 Å². The fourth-order valence-electron chi connectivity index (χ4n) is 1.80. The largest absolute Gasteiger partial charge is 0.497 e. The standard InChI is InChI=1S/C14H19NO2/c1-17-14-4-2-3-11(10-14)9-13(16)7-8-15-12-5-6-12/h2-4,10,12,15H,5-9H2,1H3. The smallest absolute Gasteiger partial charge is 0.138 e. The molecule has 0 spiro atoms. The minimum atomic E-state index is 0.284. The number of carbonyl (C=O) groups is 1. The molecule has 1 aromatic rings. The molecule has 1 aliphatic rings. The third kappa shape index (κ3) is 4.19. The van der Waals surface area contributed by atoms with Crippen LogP contribution in [0.5, 0.6) is 5.75 Å². The van der Waals surface area contributed by atoms with Crippen molar-refractivity contribution in [3.63, 3.8) is 0 Å². The number of nitrogens with one attached hydrogen (secondary N) is 1. The van der Waals surface area contributed by atoms with Gasteiger partial charge in [-0.3, -0.25) is 4.79 Å². The molecule has 0 saturated heterocycles. The van der Waals surface area contributed by atoms with Crippen LogP contribution >= 0.6 is 0 Å². The number of hydrogen-bond donors (Lipinski definition) is 1.